The number of anilines is 2. The number of hydrogen-bond donors (Lipinski definition) is 1. The summed E-state index contributed by atoms with van der Waals surface area (Å²) in [5.74, 6) is 1.68. The minimum absolute atomic E-state index is 0.209. The molecule has 2 aromatic carbocycles. The van der Waals surface area contributed by atoms with Crippen LogP contribution in [0.25, 0.3) is 0 Å². The fraction of sp³-hybridized carbons (Fsp3) is 0.182. The van der Waals surface area contributed by atoms with Gasteiger partial charge in [0.05, 0.1) is 23.8 Å². The largest absolute Gasteiger partial charge is 0.456 e. The van der Waals surface area contributed by atoms with Crippen molar-refractivity contribution in [3.05, 3.63) is 77.4 Å². The van der Waals surface area contributed by atoms with Crippen LogP contribution in [0.4, 0.5) is 11.5 Å². The number of nitrogens with zero attached hydrogens (tertiary/aromatic N) is 2. The lowest BCUT2D eigenvalue weighted by Gasteiger charge is -2.29. The molecule has 1 fully saturated rings. The zero-order valence-electron chi connectivity index (χ0n) is 15.7. The van der Waals surface area contributed by atoms with Crippen molar-refractivity contribution in [1.29, 1.82) is 0 Å². The number of morpholine rings is 1. The third-order valence-electron chi connectivity index (χ3n) is 4.52. The third-order valence-corrected chi connectivity index (χ3v) is 4.83. The van der Waals surface area contributed by atoms with Gasteiger partial charge in [-0.1, -0.05) is 23.7 Å². The summed E-state index contributed by atoms with van der Waals surface area (Å²) in [6.07, 6.45) is 1.70. The highest BCUT2D eigenvalue weighted by atomic mass is 35.5. The second kappa shape index (κ2) is 8.94. The number of carbonyl (C=O) groups is 1. The summed E-state index contributed by atoms with van der Waals surface area (Å²) in [6, 6.07) is 18.0. The molecule has 29 heavy (non-hydrogen) atoms. The molecule has 1 amide bonds. The number of halogens is 1. The predicted molar refractivity (Wildman–Crippen MR) is 113 cm³/mol. The lowest BCUT2D eigenvalue weighted by Crippen LogP contribution is -2.38. The van der Waals surface area contributed by atoms with Crippen molar-refractivity contribution < 1.29 is 14.3 Å². The van der Waals surface area contributed by atoms with Gasteiger partial charge in [0.15, 0.2) is 0 Å². The molecule has 0 atom stereocenters. The number of pyridine rings is 1. The van der Waals surface area contributed by atoms with E-state index in [9.17, 15) is 4.79 Å². The molecular formula is C22H20ClN3O3. The molecule has 1 N–H and O–H groups in total. The highest BCUT2D eigenvalue weighted by Crippen LogP contribution is 2.29. The maximum Gasteiger partial charge on any atom is 0.259 e. The van der Waals surface area contributed by atoms with E-state index in [2.05, 4.69) is 15.2 Å². The first kappa shape index (κ1) is 19.2. The van der Waals surface area contributed by atoms with Crippen LogP contribution >= 0.6 is 11.6 Å². The van der Waals surface area contributed by atoms with Gasteiger partial charge >= 0.3 is 0 Å². The number of ether oxygens (including phenoxy) is 2. The molecule has 0 saturated carbocycles. The van der Waals surface area contributed by atoms with Gasteiger partial charge in [0.2, 0.25) is 0 Å². The van der Waals surface area contributed by atoms with E-state index < -0.39 is 0 Å². The smallest absolute Gasteiger partial charge is 0.259 e. The van der Waals surface area contributed by atoms with E-state index in [4.69, 9.17) is 21.1 Å². The predicted octanol–water partition coefficient (Wildman–Crippen LogP) is 4.62. The molecule has 1 saturated heterocycles. The van der Waals surface area contributed by atoms with E-state index >= 15 is 0 Å². The maximum atomic E-state index is 12.8. The summed E-state index contributed by atoms with van der Waals surface area (Å²) in [5.41, 5.74) is 1.20. The number of rotatable bonds is 5. The fourth-order valence-corrected chi connectivity index (χ4v) is 3.23. The van der Waals surface area contributed by atoms with Crippen molar-refractivity contribution in [2.45, 2.75) is 0 Å². The molecule has 1 aliphatic rings. The molecule has 1 aliphatic heterocycles. The number of carbonyl (C=O) groups excluding carboxylic acids is 1. The summed E-state index contributed by atoms with van der Waals surface area (Å²) in [4.78, 5) is 19.3. The first-order chi connectivity index (χ1) is 14.2. The zero-order valence-corrected chi connectivity index (χ0v) is 16.4. The van der Waals surface area contributed by atoms with Crippen LogP contribution in [0.3, 0.4) is 0 Å². The Kier molecular flexibility index (Phi) is 5.93. The molecule has 7 heteroatoms. The van der Waals surface area contributed by atoms with Gasteiger partial charge in [-0.15, -0.1) is 0 Å². The van der Waals surface area contributed by atoms with E-state index in [1.165, 1.54) is 0 Å². The molecule has 1 aromatic heterocycles. The summed E-state index contributed by atoms with van der Waals surface area (Å²) >= 11 is 6.12. The number of aromatic nitrogens is 1. The Hall–Kier alpha value is -3.09. The number of para-hydroxylation sites is 1. The Labute approximate surface area is 174 Å². The van der Waals surface area contributed by atoms with Crippen LogP contribution in [0.1, 0.15) is 10.4 Å². The van der Waals surface area contributed by atoms with Gasteiger partial charge in [-0.3, -0.25) is 4.79 Å². The van der Waals surface area contributed by atoms with Gasteiger partial charge in [-0.25, -0.2) is 4.98 Å². The van der Waals surface area contributed by atoms with Crippen molar-refractivity contribution in [3.8, 4) is 11.5 Å². The standard InChI is InChI=1S/C22H20ClN3O3/c23-19-5-1-2-6-20(19)29-17-9-7-16(8-10-17)25-22(27)18-4-3-11-24-21(18)26-12-14-28-15-13-26/h1-11H,12-15H2,(H,25,27). The van der Waals surface area contributed by atoms with Crippen LogP contribution in [0.15, 0.2) is 66.9 Å². The molecule has 0 radical (unpaired) electrons. The van der Waals surface area contributed by atoms with E-state index in [0.29, 0.717) is 59.9 Å². The maximum absolute atomic E-state index is 12.8. The lowest BCUT2D eigenvalue weighted by molar-refractivity contribution is 0.102. The van der Waals surface area contributed by atoms with Crippen LogP contribution in [-0.2, 0) is 4.74 Å². The molecule has 0 unspecified atom stereocenters. The molecule has 0 spiro atoms. The normalized spacial score (nSPS) is 13.8. The molecule has 0 bridgehead atoms. The highest BCUT2D eigenvalue weighted by molar-refractivity contribution is 6.32. The number of benzene rings is 2. The van der Waals surface area contributed by atoms with Crippen LogP contribution in [0.5, 0.6) is 11.5 Å². The summed E-state index contributed by atoms with van der Waals surface area (Å²) in [7, 11) is 0. The van der Waals surface area contributed by atoms with Crippen molar-refractivity contribution in [1.82, 2.24) is 4.98 Å². The topological polar surface area (TPSA) is 63.7 Å². The van der Waals surface area contributed by atoms with E-state index in [1.807, 2.05) is 12.1 Å². The highest BCUT2D eigenvalue weighted by Gasteiger charge is 2.20. The van der Waals surface area contributed by atoms with Gasteiger partial charge in [0, 0.05) is 25.0 Å². The second-order valence-electron chi connectivity index (χ2n) is 6.48. The zero-order chi connectivity index (χ0) is 20.1. The Morgan fingerprint density at radius 3 is 2.55 bits per heavy atom. The average molecular weight is 410 g/mol. The molecule has 148 valence electrons. The van der Waals surface area contributed by atoms with Crippen molar-refractivity contribution in [2.75, 3.05) is 36.5 Å². The van der Waals surface area contributed by atoms with E-state index in [1.54, 1.807) is 54.7 Å². The van der Waals surface area contributed by atoms with Crippen LogP contribution < -0.4 is 15.0 Å². The molecule has 3 aromatic rings. The Bertz CT molecular complexity index is 989. The minimum atomic E-state index is -0.209. The van der Waals surface area contributed by atoms with Gasteiger partial charge in [0.1, 0.15) is 17.3 Å². The van der Waals surface area contributed by atoms with Gasteiger partial charge < -0.3 is 19.7 Å². The first-order valence-corrected chi connectivity index (χ1v) is 9.70. The summed E-state index contributed by atoms with van der Waals surface area (Å²) < 4.78 is 11.2. The Balaban J connectivity index is 1.46. The van der Waals surface area contributed by atoms with Crippen molar-refractivity contribution in [2.24, 2.45) is 0 Å². The minimum Gasteiger partial charge on any atom is -0.456 e. The molecule has 6 nitrogen and oxygen atoms in total. The molecule has 0 aliphatic carbocycles. The van der Waals surface area contributed by atoms with Crippen LogP contribution in [0, 0.1) is 0 Å². The van der Waals surface area contributed by atoms with E-state index in [0.717, 1.165) is 0 Å². The SMILES string of the molecule is O=C(Nc1ccc(Oc2ccccc2Cl)cc1)c1cccnc1N1CCOCC1. The monoisotopic (exact) mass is 409 g/mol. The van der Waals surface area contributed by atoms with Crippen LogP contribution in [-0.4, -0.2) is 37.2 Å². The summed E-state index contributed by atoms with van der Waals surface area (Å²) in [5, 5.41) is 3.46. The quantitative estimate of drug-likeness (QED) is 0.666. The van der Waals surface area contributed by atoms with Crippen molar-refractivity contribution in [3.63, 3.8) is 0 Å². The van der Waals surface area contributed by atoms with Gasteiger partial charge in [0.25, 0.3) is 5.91 Å². The molecular weight excluding hydrogens is 390 g/mol. The molecule has 2 heterocycles. The summed E-state index contributed by atoms with van der Waals surface area (Å²) in [6.45, 7) is 2.69. The number of nitrogens with one attached hydrogen (secondary N) is 1. The number of hydrogen-bond acceptors (Lipinski definition) is 5. The Morgan fingerprint density at radius 2 is 1.79 bits per heavy atom. The second-order valence-corrected chi connectivity index (χ2v) is 6.89. The fourth-order valence-electron chi connectivity index (χ4n) is 3.06. The lowest BCUT2D eigenvalue weighted by atomic mass is 10.2. The third kappa shape index (κ3) is 4.67. The first-order valence-electron chi connectivity index (χ1n) is 9.32. The van der Waals surface area contributed by atoms with Crippen molar-refractivity contribution >= 4 is 29.0 Å². The number of amides is 1. The average Bonchev–Trinajstić information content (AvgIpc) is 2.77. The van der Waals surface area contributed by atoms with Crippen LogP contribution in [0.2, 0.25) is 5.02 Å². The molecule has 4 rings (SSSR count). The van der Waals surface area contributed by atoms with E-state index in [-0.39, 0.29) is 5.91 Å². The Morgan fingerprint density at radius 1 is 1.03 bits per heavy atom. The van der Waals surface area contributed by atoms with Gasteiger partial charge in [-0.2, -0.15) is 0 Å². The van der Waals surface area contributed by atoms with Gasteiger partial charge in [-0.05, 0) is 48.5 Å².